The van der Waals surface area contributed by atoms with Crippen molar-refractivity contribution in [2.24, 2.45) is 4.99 Å². The third-order valence-corrected chi connectivity index (χ3v) is 4.54. The first-order chi connectivity index (χ1) is 7.09. The number of thioether (sulfide) groups is 1. The maximum atomic E-state index is 4.68. The minimum atomic E-state index is 0.210. The molecule has 15 heavy (non-hydrogen) atoms. The molecule has 0 fully saturated rings. The van der Waals surface area contributed by atoms with E-state index >= 15 is 0 Å². The summed E-state index contributed by atoms with van der Waals surface area (Å²) in [6, 6.07) is 8.41. The molecule has 76 valence electrons. The van der Waals surface area contributed by atoms with Crippen LogP contribution in [-0.2, 0) is 0 Å². The number of nitrogens with zero attached hydrogens (tertiary/aromatic N) is 1. The molecule has 2 aliphatic heterocycles. The smallest absolute Gasteiger partial charge is 0.105 e. The van der Waals surface area contributed by atoms with Crippen LogP contribution < -0.4 is 0 Å². The number of rotatable bonds is 0. The van der Waals surface area contributed by atoms with Crippen LogP contribution >= 0.6 is 11.8 Å². The maximum absolute atomic E-state index is 4.68. The Labute approximate surface area is 94.3 Å². The second-order valence-electron chi connectivity index (χ2n) is 4.55. The second kappa shape index (κ2) is 2.76. The average Bonchev–Trinajstić information content (AvgIpc) is 2.62. The third-order valence-electron chi connectivity index (χ3n) is 3.24. The van der Waals surface area contributed by atoms with Gasteiger partial charge in [0, 0.05) is 15.9 Å². The molecule has 0 spiro atoms. The normalized spacial score (nSPS) is 21.4. The minimum absolute atomic E-state index is 0.210. The van der Waals surface area contributed by atoms with E-state index in [2.05, 4.69) is 50.0 Å². The summed E-state index contributed by atoms with van der Waals surface area (Å²) in [5.41, 5.74) is 5.27. The Balaban J connectivity index is 2.28. The van der Waals surface area contributed by atoms with Gasteiger partial charge in [-0.3, -0.25) is 0 Å². The molecule has 1 aromatic carbocycles. The van der Waals surface area contributed by atoms with Crippen LogP contribution in [-0.4, -0.2) is 9.79 Å². The van der Waals surface area contributed by atoms with Gasteiger partial charge in [0.15, 0.2) is 0 Å². The highest BCUT2D eigenvalue weighted by molar-refractivity contribution is 8.17. The van der Waals surface area contributed by atoms with Crippen LogP contribution in [0.5, 0.6) is 0 Å². The van der Waals surface area contributed by atoms with Crippen molar-refractivity contribution < 1.29 is 0 Å². The van der Waals surface area contributed by atoms with E-state index in [1.807, 2.05) is 11.8 Å². The molecular weight excluding hydrogens is 202 g/mol. The molecule has 0 aliphatic carbocycles. The van der Waals surface area contributed by atoms with E-state index in [9.17, 15) is 0 Å². The highest BCUT2D eigenvalue weighted by atomic mass is 32.2. The van der Waals surface area contributed by atoms with E-state index < -0.39 is 0 Å². The van der Waals surface area contributed by atoms with Gasteiger partial charge < -0.3 is 0 Å². The van der Waals surface area contributed by atoms with E-state index in [0.29, 0.717) is 0 Å². The Hall–Kier alpha value is -1.02. The Morgan fingerprint density at radius 2 is 1.93 bits per heavy atom. The van der Waals surface area contributed by atoms with Crippen LogP contribution in [0.4, 0.5) is 5.69 Å². The zero-order valence-electron chi connectivity index (χ0n) is 9.16. The summed E-state index contributed by atoms with van der Waals surface area (Å²) in [7, 11) is 0. The molecule has 0 bridgehead atoms. The SMILES string of the molecule is CC1=C2C(=Nc3ccccc32)SC1(C)C. The highest BCUT2D eigenvalue weighted by Crippen LogP contribution is 2.52. The number of hydrogen-bond donors (Lipinski definition) is 0. The molecular formula is C13H13NS. The minimum Gasteiger partial charge on any atom is -0.241 e. The van der Waals surface area contributed by atoms with Gasteiger partial charge in [0.25, 0.3) is 0 Å². The van der Waals surface area contributed by atoms with Crippen molar-refractivity contribution in [2.45, 2.75) is 25.5 Å². The fourth-order valence-electron chi connectivity index (χ4n) is 2.12. The Morgan fingerprint density at radius 3 is 2.73 bits per heavy atom. The second-order valence-corrected chi connectivity index (χ2v) is 6.16. The lowest BCUT2D eigenvalue weighted by molar-refractivity contribution is 0.848. The lowest BCUT2D eigenvalue weighted by atomic mass is 9.95. The molecule has 0 radical (unpaired) electrons. The van der Waals surface area contributed by atoms with Crippen LogP contribution in [0.15, 0.2) is 34.8 Å². The van der Waals surface area contributed by atoms with Crippen LogP contribution in [0.2, 0.25) is 0 Å². The van der Waals surface area contributed by atoms with Gasteiger partial charge in [-0.15, -0.1) is 0 Å². The molecule has 0 unspecified atom stereocenters. The van der Waals surface area contributed by atoms with Crippen LogP contribution in [0.1, 0.15) is 26.3 Å². The first kappa shape index (κ1) is 9.22. The van der Waals surface area contributed by atoms with Gasteiger partial charge in [-0.25, -0.2) is 4.99 Å². The van der Waals surface area contributed by atoms with Crippen LogP contribution in [0.25, 0.3) is 5.57 Å². The topological polar surface area (TPSA) is 12.4 Å². The predicted octanol–water partition coefficient (Wildman–Crippen LogP) is 4.03. The molecule has 0 saturated carbocycles. The largest absolute Gasteiger partial charge is 0.241 e. The molecule has 1 nitrogen and oxygen atoms in total. The van der Waals surface area contributed by atoms with Crippen molar-refractivity contribution >= 4 is 28.1 Å². The van der Waals surface area contributed by atoms with Gasteiger partial charge in [0.2, 0.25) is 0 Å². The van der Waals surface area contributed by atoms with Crippen molar-refractivity contribution in [2.75, 3.05) is 0 Å². The summed E-state index contributed by atoms with van der Waals surface area (Å²) in [4.78, 5) is 4.68. The number of hydrogen-bond acceptors (Lipinski definition) is 2. The molecule has 0 N–H and O–H groups in total. The lowest BCUT2D eigenvalue weighted by Crippen LogP contribution is -2.12. The molecule has 0 amide bonds. The van der Waals surface area contributed by atoms with Gasteiger partial charge >= 0.3 is 0 Å². The first-order valence-corrected chi connectivity index (χ1v) is 6.00. The molecule has 0 saturated heterocycles. The van der Waals surface area contributed by atoms with Gasteiger partial charge in [-0.05, 0) is 32.4 Å². The highest BCUT2D eigenvalue weighted by Gasteiger charge is 2.38. The fourth-order valence-corrected chi connectivity index (χ4v) is 3.37. The van der Waals surface area contributed by atoms with Gasteiger partial charge in [-0.2, -0.15) is 0 Å². The lowest BCUT2D eigenvalue weighted by Gasteiger charge is -2.18. The summed E-state index contributed by atoms with van der Waals surface area (Å²) in [5.74, 6) is 0. The Morgan fingerprint density at radius 1 is 1.20 bits per heavy atom. The van der Waals surface area contributed by atoms with Gasteiger partial charge in [0.1, 0.15) is 5.04 Å². The summed E-state index contributed by atoms with van der Waals surface area (Å²) >= 11 is 1.88. The Bertz CT molecular complexity index is 509. The van der Waals surface area contributed by atoms with Crippen molar-refractivity contribution in [3.8, 4) is 0 Å². The maximum Gasteiger partial charge on any atom is 0.105 e. The van der Waals surface area contributed by atoms with Crippen molar-refractivity contribution in [1.82, 2.24) is 0 Å². The van der Waals surface area contributed by atoms with Gasteiger partial charge in [-0.1, -0.05) is 30.0 Å². The number of fused-ring (bicyclic) bond motifs is 3. The quantitative estimate of drug-likeness (QED) is 0.636. The Kier molecular flexibility index (Phi) is 1.70. The number of benzene rings is 1. The first-order valence-electron chi connectivity index (χ1n) is 5.18. The molecule has 2 heterocycles. The molecule has 2 heteroatoms. The van der Waals surface area contributed by atoms with Crippen molar-refractivity contribution in [1.29, 1.82) is 0 Å². The monoisotopic (exact) mass is 215 g/mol. The average molecular weight is 215 g/mol. The molecule has 0 aromatic heterocycles. The standard InChI is InChI=1S/C13H13NS/c1-8-11-9-6-4-5-7-10(9)14-12(11)15-13(8,2)3/h4-7H,1-3H3. The molecule has 3 rings (SSSR count). The van der Waals surface area contributed by atoms with Crippen LogP contribution in [0, 0.1) is 0 Å². The fraction of sp³-hybridized carbons (Fsp3) is 0.308. The van der Waals surface area contributed by atoms with Gasteiger partial charge in [0.05, 0.1) is 5.69 Å². The summed E-state index contributed by atoms with van der Waals surface area (Å²) in [6.07, 6.45) is 0. The van der Waals surface area contributed by atoms with Crippen molar-refractivity contribution in [3.63, 3.8) is 0 Å². The third kappa shape index (κ3) is 1.14. The van der Waals surface area contributed by atoms with E-state index in [1.165, 1.54) is 21.8 Å². The van der Waals surface area contributed by atoms with E-state index in [-0.39, 0.29) is 4.75 Å². The van der Waals surface area contributed by atoms with E-state index in [1.54, 1.807) is 0 Å². The van der Waals surface area contributed by atoms with E-state index in [4.69, 9.17) is 0 Å². The van der Waals surface area contributed by atoms with Crippen molar-refractivity contribution in [3.05, 3.63) is 35.4 Å². The molecule has 1 aromatic rings. The number of para-hydroxylation sites is 1. The predicted molar refractivity (Wildman–Crippen MR) is 67.8 cm³/mol. The molecule has 2 aliphatic rings. The zero-order valence-corrected chi connectivity index (χ0v) is 9.98. The summed E-state index contributed by atoms with van der Waals surface area (Å²) in [5, 5.41) is 1.21. The van der Waals surface area contributed by atoms with E-state index in [0.717, 1.165) is 5.69 Å². The molecule has 0 atom stereocenters. The summed E-state index contributed by atoms with van der Waals surface area (Å²) in [6.45, 7) is 6.76. The zero-order chi connectivity index (χ0) is 10.6. The van der Waals surface area contributed by atoms with Crippen LogP contribution in [0.3, 0.4) is 0 Å². The number of aliphatic imine (C=N–C) groups is 1. The summed E-state index contributed by atoms with van der Waals surface area (Å²) < 4.78 is 0.210.